The van der Waals surface area contributed by atoms with Crippen molar-refractivity contribution in [3.8, 4) is 0 Å². The quantitative estimate of drug-likeness (QED) is 0.776. The van der Waals surface area contributed by atoms with Gasteiger partial charge in [0.15, 0.2) is 0 Å². The Bertz CT molecular complexity index is 771. The van der Waals surface area contributed by atoms with Crippen LogP contribution in [0.15, 0.2) is 54.7 Å². The fourth-order valence-corrected chi connectivity index (χ4v) is 1.79. The zero-order chi connectivity index (χ0) is 13.9. The zero-order valence-corrected chi connectivity index (χ0v) is 10.4. The fourth-order valence-electron chi connectivity index (χ4n) is 1.79. The van der Waals surface area contributed by atoms with Crippen molar-refractivity contribution in [3.05, 3.63) is 66.2 Å². The predicted molar refractivity (Wildman–Crippen MR) is 73.9 cm³/mol. The lowest BCUT2D eigenvalue weighted by Crippen LogP contribution is -2.14. The highest BCUT2D eigenvalue weighted by atomic mass is 19.1. The lowest BCUT2D eigenvalue weighted by Gasteiger charge is -2.05. The number of nitrogens with one attached hydrogen (secondary N) is 1. The van der Waals surface area contributed by atoms with Gasteiger partial charge in [0.2, 0.25) is 0 Å². The maximum atomic E-state index is 12.8. The van der Waals surface area contributed by atoms with E-state index < -0.39 is 0 Å². The second-order valence-corrected chi connectivity index (χ2v) is 4.20. The summed E-state index contributed by atoms with van der Waals surface area (Å²) in [6.45, 7) is 0. The average Bonchev–Trinajstić information content (AvgIpc) is 2.49. The van der Waals surface area contributed by atoms with Crippen LogP contribution >= 0.6 is 0 Å². The molecule has 5 heteroatoms. The number of halogens is 1. The first-order chi connectivity index (χ1) is 9.72. The Balaban J connectivity index is 1.86. The summed E-state index contributed by atoms with van der Waals surface area (Å²) < 4.78 is 12.8. The number of hydrogen-bond donors (Lipinski definition) is 1. The smallest absolute Gasteiger partial charge is 0.275 e. The molecule has 2 aromatic carbocycles. The molecule has 0 atom stereocenters. The molecule has 0 aliphatic heterocycles. The topological polar surface area (TPSA) is 54.9 Å². The number of aromatic nitrogens is 2. The van der Waals surface area contributed by atoms with Crippen molar-refractivity contribution in [2.75, 3.05) is 5.32 Å². The van der Waals surface area contributed by atoms with E-state index in [1.54, 1.807) is 6.07 Å². The first-order valence-electron chi connectivity index (χ1n) is 6.01. The van der Waals surface area contributed by atoms with E-state index in [1.807, 2.05) is 18.2 Å². The second-order valence-electron chi connectivity index (χ2n) is 4.20. The average molecular weight is 267 g/mol. The number of benzene rings is 2. The lowest BCUT2D eigenvalue weighted by molar-refractivity contribution is 0.102. The highest BCUT2D eigenvalue weighted by Crippen LogP contribution is 2.12. The lowest BCUT2D eigenvalue weighted by atomic mass is 10.2. The molecule has 20 heavy (non-hydrogen) atoms. The van der Waals surface area contributed by atoms with Gasteiger partial charge in [-0.15, -0.1) is 0 Å². The number of amides is 1. The zero-order valence-electron chi connectivity index (χ0n) is 10.4. The molecule has 1 heterocycles. The molecular formula is C15H10FN3O. The monoisotopic (exact) mass is 267 g/mol. The van der Waals surface area contributed by atoms with Crippen LogP contribution in [0.2, 0.25) is 0 Å². The minimum Gasteiger partial charge on any atom is -0.321 e. The number of nitrogens with zero attached hydrogens (tertiary/aromatic N) is 2. The van der Waals surface area contributed by atoms with Crippen molar-refractivity contribution < 1.29 is 9.18 Å². The number of para-hydroxylation sites is 2. The van der Waals surface area contributed by atoms with Crippen molar-refractivity contribution in [1.82, 2.24) is 9.97 Å². The minimum absolute atomic E-state index is 0.216. The molecule has 0 spiro atoms. The molecule has 0 saturated carbocycles. The molecule has 0 radical (unpaired) electrons. The number of carbonyl (C=O) groups excluding carboxylic acids is 1. The summed E-state index contributed by atoms with van der Waals surface area (Å²) in [5.74, 6) is -0.733. The van der Waals surface area contributed by atoms with Crippen molar-refractivity contribution in [3.63, 3.8) is 0 Å². The molecule has 4 nitrogen and oxygen atoms in total. The Kier molecular flexibility index (Phi) is 3.09. The fraction of sp³-hybridized carbons (Fsp3) is 0. The molecule has 3 aromatic rings. The van der Waals surface area contributed by atoms with Gasteiger partial charge in [0, 0.05) is 5.69 Å². The van der Waals surface area contributed by atoms with Crippen LogP contribution in [0.5, 0.6) is 0 Å². The third-order valence-corrected chi connectivity index (χ3v) is 2.78. The van der Waals surface area contributed by atoms with Crippen molar-refractivity contribution in [2.45, 2.75) is 0 Å². The van der Waals surface area contributed by atoms with Crippen LogP contribution in [0.4, 0.5) is 10.1 Å². The summed E-state index contributed by atoms with van der Waals surface area (Å²) in [6.07, 6.45) is 1.42. The maximum Gasteiger partial charge on any atom is 0.275 e. The van der Waals surface area contributed by atoms with Gasteiger partial charge in [-0.25, -0.2) is 9.37 Å². The van der Waals surface area contributed by atoms with Crippen molar-refractivity contribution >= 4 is 22.6 Å². The first-order valence-corrected chi connectivity index (χ1v) is 6.01. The third kappa shape index (κ3) is 2.47. The van der Waals surface area contributed by atoms with Gasteiger partial charge in [0.25, 0.3) is 5.91 Å². The van der Waals surface area contributed by atoms with Crippen LogP contribution in [0.3, 0.4) is 0 Å². The van der Waals surface area contributed by atoms with E-state index in [4.69, 9.17) is 0 Å². The SMILES string of the molecule is O=C(Nc1ccc(F)cc1)c1cnc2ccccc2n1. The van der Waals surface area contributed by atoms with Gasteiger partial charge < -0.3 is 5.32 Å². The Labute approximate surface area is 114 Å². The molecule has 0 aliphatic rings. The third-order valence-electron chi connectivity index (χ3n) is 2.78. The van der Waals surface area contributed by atoms with Gasteiger partial charge >= 0.3 is 0 Å². The maximum absolute atomic E-state index is 12.8. The summed E-state index contributed by atoms with van der Waals surface area (Å²) in [5, 5.41) is 2.64. The summed E-state index contributed by atoms with van der Waals surface area (Å²) >= 11 is 0. The number of anilines is 1. The van der Waals surface area contributed by atoms with E-state index in [-0.39, 0.29) is 17.4 Å². The standard InChI is InChI=1S/C15H10FN3O/c16-10-5-7-11(8-6-10)18-15(20)14-9-17-12-3-1-2-4-13(12)19-14/h1-9H,(H,18,20). The molecule has 0 bridgehead atoms. The van der Waals surface area contributed by atoms with Crippen LogP contribution < -0.4 is 5.32 Å². The Morgan fingerprint density at radius 1 is 1.00 bits per heavy atom. The summed E-state index contributed by atoms with van der Waals surface area (Å²) in [4.78, 5) is 20.5. The van der Waals surface area contributed by atoms with Gasteiger partial charge in [0.1, 0.15) is 11.5 Å². The number of carbonyl (C=O) groups is 1. The van der Waals surface area contributed by atoms with Crippen LogP contribution in [0, 0.1) is 5.82 Å². The van der Waals surface area contributed by atoms with Gasteiger partial charge in [-0.3, -0.25) is 9.78 Å². The molecular weight excluding hydrogens is 257 g/mol. The van der Waals surface area contributed by atoms with Crippen LogP contribution in [-0.4, -0.2) is 15.9 Å². The summed E-state index contributed by atoms with van der Waals surface area (Å²) in [7, 11) is 0. The van der Waals surface area contributed by atoms with Crippen molar-refractivity contribution in [2.24, 2.45) is 0 Å². The summed E-state index contributed by atoms with van der Waals surface area (Å²) in [5.41, 5.74) is 2.10. The van der Waals surface area contributed by atoms with Crippen LogP contribution in [-0.2, 0) is 0 Å². The van der Waals surface area contributed by atoms with Crippen LogP contribution in [0.1, 0.15) is 10.5 Å². The molecule has 1 aromatic heterocycles. The van der Waals surface area contributed by atoms with Gasteiger partial charge in [-0.2, -0.15) is 0 Å². The van der Waals surface area contributed by atoms with E-state index >= 15 is 0 Å². The highest BCUT2D eigenvalue weighted by molar-refractivity contribution is 6.03. The van der Waals surface area contributed by atoms with Gasteiger partial charge in [-0.1, -0.05) is 12.1 Å². The van der Waals surface area contributed by atoms with Gasteiger partial charge in [0.05, 0.1) is 17.2 Å². The molecule has 98 valence electrons. The normalized spacial score (nSPS) is 10.4. The molecule has 0 unspecified atom stereocenters. The number of fused-ring (bicyclic) bond motifs is 1. The molecule has 1 amide bonds. The van der Waals surface area contributed by atoms with Crippen molar-refractivity contribution in [1.29, 1.82) is 0 Å². The first kappa shape index (κ1) is 12.2. The second kappa shape index (κ2) is 5.05. The Morgan fingerprint density at radius 2 is 1.70 bits per heavy atom. The van der Waals surface area contributed by atoms with Crippen LogP contribution in [0.25, 0.3) is 11.0 Å². The molecule has 3 rings (SSSR count). The Hall–Kier alpha value is -2.82. The predicted octanol–water partition coefficient (Wildman–Crippen LogP) is 3.02. The minimum atomic E-state index is -0.380. The highest BCUT2D eigenvalue weighted by Gasteiger charge is 2.09. The molecule has 0 fully saturated rings. The molecule has 0 aliphatic carbocycles. The molecule has 0 saturated heterocycles. The largest absolute Gasteiger partial charge is 0.321 e. The Morgan fingerprint density at radius 3 is 2.45 bits per heavy atom. The van der Waals surface area contributed by atoms with E-state index in [9.17, 15) is 9.18 Å². The van der Waals surface area contributed by atoms with E-state index in [0.717, 1.165) is 5.52 Å². The number of rotatable bonds is 2. The number of hydrogen-bond acceptors (Lipinski definition) is 3. The van der Waals surface area contributed by atoms with E-state index in [0.29, 0.717) is 11.2 Å². The summed E-state index contributed by atoms with van der Waals surface area (Å²) in [6, 6.07) is 12.8. The van der Waals surface area contributed by atoms with E-state index in [2.05, 4.69) is 15.3 Å². The van der Waals surface area contributed by atoms with Gasteiger partial charge in [-0.05, 0) is 36.4 Å². The molecule has 1 N–H and O–H groups in total. The van der Waals surface area contributed by atoms with E-state index in [1.165, 1.54) is 30.5 Å².